The van der Waals surface area contributed by atoms with Crippen LogP contribution in [-0.2, 0) is 24.5 Å². The van der Waals surface area contributed by atoms with Crippen LogP contribution in [0.15, 0.2) is 36.4 Å². The average molecular weight is 453 g/mol. The number of anilines is 1. The largest absolute Gasteiger partial charge is 0.486 e. The van der Waals surface area contributed by atoms with Crippen molar-refractivity contribution in [2.75, 3.05) is 32.2 Å². The van der Waals surface area contributed by atoms with Gasteiger partial charge in [-0.25, -0.2) is 4.79 Å². The molecule has 174 valence electrons. The highest BCUT2D eigenvalue weighted by Gasteiger charge is 2.45. The number of hydrogen-bond donors (Lipinski definition) is 1. The summed E-state index contributed by atoms with van der Waals surface area (Å²) in [5, 5.41) is 2.71. The molecule has 2 aromatic carbocycles. The highest BCUT2D eigenvalue weighted by molar-refractivity contribution is 5.97. The molecule has 0 saturated heterocycles. The summed E-state index contributed by atoms with van der Waals surface area (Å²) in [7, 11) is 1.29. The Bertz CT molecular complexity index is 1070. The summed E-state index contributed by atoms with van der Waals surface area (Å²) < 4.78 is 21.5. The van der Waals surface area contributed by atoms with Crippen LogP contribution in [0.5, 0.6) is 11.5 Å². The molecular formula is C25H27NO7. The number of hydrogen-bond acceptors (Lipinski definition) is 7. The Labute approximate surface area is 192 Å². The quantitative estimate of drug-likeness (QED) is 0.668. The SMILES string of the molecule is COC(=O)c1ccc(C)c(NC(=O)COC(=O)C2(c3ccc4c(c3)OCCO4)CCCC2)c1. The zero-order chi connectivity index (χ0) is 23.4. The van der Waals surface area contributed by atoms with Crippen LogP contribution in [-0.4, -0.2) is 44.8 Å². The molecule has 1 heterocycles. The van der Waals surface area contributed by atoms with Crippen LogP contribution in [0.4, 0.5) is 5.69 Å². The average Bonchev–Trinajstić information content (AvgIpc) is 3.34. The van der Waals surface area contributed by atoms with E-state index in [0.29, 0.717) is 48.8 Å². The summed E-state index contributed by atoms with van der Waals surface area (Å²) in [6, 6.07) is 10.4. The van der Waals surface area contributed by atoms with Crippen LogP contribution in [0.1, 0.15) is 47.2 Å². The molecule has 8 nitrogen and oxygen atoms in total. The number of fused-ring (bicyclic) bond motifs is 1. The highest BCUT2D eigenvalue weighted by Crippen LogP contribution is 2.45. The fourth-order valence-electron chi connectivity index (χ4n) is 4.39. The van der Waals surface area contributed by atoms with Crippen molar-refractivity contribution >= 4 is 23.5 Å². The summed E-state index contributed by atoms with van der Waals surface area (Å²) in [4.78, 5) is 37.5. The highest BCUT2D eigenvalue weighted by atomic mass is 16.6. The molecule has 0 radical (unpaired) electrons. The van der Waals surface area contributed by atoms with Gasteiger partial charge in [-0.05, 0) is 55.2 Å². The smallest absolute Gasteiger partial charge is 0.337 e. The molecule has 8 heteroatoms. The van der Waals surface area contributed by atoms with Gasteiger partial charge in [-0.1, -0.05) is 25.0 Å². The van der Waals surface area contributed by atoms with Crippen LogP contribution in [0.25, 0.3) is 0 Å². The number of carbonyl (C=O) groups excluding carboxylic acids is 3. The molecular weight excluding hydrogens is 426 g/mol. The van der Waals surface area contributed by atoms with Gasteiger partial charge in [0.25, 0.3) is 5.91 Å². The normalized spacial score (nSPS) is 16.1. The second-order valence-electron chi connectivity index (χ2n) is 8.29. The number of rotatable bonds is 6. The van der Waals surface area contributed by atoms with Crippen LogP contribution in [0.3, 0.4) is 0 Å². The molecule has 0 bridgehead atoms. The van der Waals surface area contributed by atoms with Gasteiger partial charge in [0, 0.05) is 5.69 Å². The second kappa shape index (κ2) is 9.52. The van der Waals surface area contributed by atoms with E-state index < -0.39 is 29.9 Å². The fourth-order valence-corrected chi connectivity index (χ4v) is 4.39. The van der Waals surface area contributed by atoms with Crippen LogP contribution >= 0.6 is 0 Å². The van der Waals surface area contributed by atoms with E-state index in [-0.39, 0.29) is 0 Å². The predicted octanol–water partition coefficient (Wildman–Crippen LogP) is 3.55. The van der Waals surface area contributed by atoms with E-state index in [9.17, 15) is 14.4 Å². The number of nitrogens with one attached hydrogen (secondary N) is 1. The van der Waals surface area contributed by atoms with Gasteiger partial charge in [0.1, 0.15) is 13.2 Å². The molecule has 2 aromatic rings. The number of ether oxygens (including phenoxy) is 4. The Morgan fingerprint density at radius 1 is 1.00 bits per heavy atom. The Kier molecular flexibility index (Phi) is 6.53. The molecule has 1 saturated carbocycles. The maximum absolute atomic E-state index is 13.2. The van der Waals surface area contributed by atoms with E-state index in [1.54, 1.807) is 19.1 Å². The lowest BCUT2D eigenvalue weighted by Crippen LogP contribution is -2.36. The molecule has 4 rings (SSSR count). The topological polar surface area (TPSA) is 100 Å². The first kappa shape index (κ1) is 22.6. The monoisotopic (exact) mass is 453 g/mol. The first-order chi connectivity index (χ1) is 15.9. The van der Waals surface area contributed by atoms with Gasteiger partial charge in [-0.3, -0.25) is 9.59 Å². The molecule has 1 aliphatic carbocycles. The lowest BCUT2D eigenvalue weighted by Gasteiger charge is -2.28. The van der Waals surface area contributed by atoms with Crippen LogP contribution < -0.4 is 14.8 Å². The van der Waals surface area contributed by atoms with Crippen molar-refractivity contribution in [1.29, 1.82) is 0 Å². The van der Waals surface area contributed by atoms with E-state index in [1.807, 2.05) is 18.2 Å². The number of amides is 1. The van der Waals surface area contributed by atoms with Crippen molar-refractivity contribution in [2.45, 2.75) is 38.0 Å². The third kappa shape index (κ3) is 4.65. The number of aryl methyl sites for hydroxylation is 1. The van der Waals surface area contributed by atoms with E-state index in [4.69, 9.17) is 18.9 Å². The van der Waals surface area contributed by atoms with Crippen molar-refractivity contribution in [3.8, 4) is 11.5 Å². The summed E-state index contributed by atoms with van der Waals surface area (Å²) in [5.74, 6) is -0.123. The maximum Gasteiger partial charge on any atom is 0.337 e. The van der Waals surface area contributed by atoms with Gasteiger partial charge >= 0.3 is 11.9 Å². The van der Waals surface area contributed by atoms with E-state index in [0.717, 1.165) is 24.0 Å². The number of carbonyl (C=O) groups is 3. The van der Waals surface area contributed by atoms with Gasteiger partial charge < -0.3 is 24.3 Å². The molecule has 1 fully saturated rings. The van der Waals surface area contributed by atoms with Gasteiger partial charge in [-0.15, -0.1) is 0 Å². The predicted molar refractivity (Wildman–Crippen MR) is 120 cm³/mol. The minimum atomic E-state index is -0.809. The lowest BCUT2D eigenvalue weighted by atomic mass is 9.78. The van der Waals surface area contributed by atoms with Crippen molar-refractivity contribution < 1.29 is 33.3 Å². The van der Waals surface area contributed by atoms with Crippen LogP contribution in [0.2, 0.25) is 0 Å². The summed E-state index contributed by atoms with van der Waals surface area (Å²) in [5.41, 5.74) is 1.55. The molecule has 1 amide bonds. The molecule has 1 aliphatic heterocycles. The first-order valence-electron chi connectivity index (χ1n) is 11.0. The Hall–Kier alpha value is -3.55. The summed E-state index contributed by atoms with van der Waals surface area (Å²) >= 11 is 0. The van der Waals surface area contributed by atoms with E-state index in [1.165, 1.54) is 13.2 Å². The van der Waals surface area contributed by atoms with Crippen molar-refractivity contribution in [3.05, 3.63) is 53.1 Å². The zero-order valence-electron chi connectivity index (χ0n) is 18.8. The first-order valence-corrected chi connectivity index (χ1v) is 11.0. The van der Waals surface area contributed by atoms with Gasteiger partial charge in [0.15, 0.2) is 18.1 Å². The molecule has 0 atom stereocenters. The molecule has 33 heavy (non-hydrogen) atoms. The molecule has 0 aromatic heterocycles. The second-order valence-corrected chi connectivity index (χ2v) is 8.29. The Morgan fingerprint density at radius 2 is 1.73 bits per heavy atom. The number of methoxy groups -OCH3 is 1. The molecule has 1 N–H and O–H groups in total. The molecule has 2 aliphatic rings. The Balaban J connectivity index is 1.45. The van der Waals surface area contributed by atoms with Crippen molar-refractivity contribution in [1.82, 2.24) is 0 Å². The van der Waals surface area contributed by atoms with Gasteiger partial charge in [0.05, 0.1) is 18.1 Å². The molecule has 0 spiro atoms. The van der Waals surface area contributed by atoms with Gasteiger partial charge in [0.2, 0.25) is 0 Å². The van der Waals surface area contributed by atoms with Gasteiger partial charge in [-0.2, -0.15) is 0 Å². The minimum absolute atomic E-state index is 0.318. The number of benzene rings is 2. The minimum Gasteiger partial charge on any atom is -0.486 e. The Morgan fingerprint density at radius 3 is 2.45 bits per heavy atom. The number of esters is 2. The summed E-state index contributed by atoms with van der Waals surface area (Å²) in [6.45, 7) is 2.34. The maximum atomic E-state index is 13.2. The lowest BCUT2D eigenvalue weighted by molar-refractivity contribution is -0.153. The van der Waals surface area contributed by atoms with Crippen LogP contribution in [0, 0.1) is 6.92 Å². The van der Waals surface area contributed by atoms with E-state index in [2.05, 4.69) is 5.32 Å². The standard InChI is InChI=1S/C25H27NO7/c1-16-5-6-17(23(28)30-2)13-19(16)26-22(27)15-33-24(29)25(9-3-4-10-25)18-7-8-20-21(14-18)32-12-11-31-20/h5-8,13-14H,3-4,9-12,15H2,1-2H3,(H,26,27). The fraction of sp³-hybridized carbons (Fsp3) is 0.400. The zero-order valence-corrected chi connectivity index (χ0v) is 18.8. The third-order valence-electron chi connectivity index (χ3n) is 6.21. The van der Waals surface area contributed by atoms with Crippen molar-refractivity contribution in [3.63, 3.8) is 0 Å². The van der Waals surface area contributed by atoms with Crippen molar-refractivity contribution in [2.24, 2.45) is 0 Å². The summed E-state index contributed by atoms with van der Waals surface area (Å²) in [6.07, 6.45) is 3.09. The van der Waals surface area contributed by atoms with E-state index >= 15 is 0 Å². The molecule has 0 unspecified atom stereocenters. The third-order valence-corrected chi connectivity index (χ3v) is 6.21.